The average Bonchev–Trinajstić information content (AvgIpc) is 2.56. The monoisotopic (exact) mass is 347 g/mol. The molecule has 24 heavy (non-hydrogen) atoms. The molecule has 2 aromatic rings. The van der Waals surface area contributed by atoms with Gasteiger partial charge in [-0.25, -0.2) is 8.42 Å². The van der Waals surface area contributed by atoms with Crippen LogP contribution in [-0.2, 0) is 10.0 Å². The Morgan fingerprint density at radius 2 is 1.88 bits per heavy atom. The standard InChI is InChI=1S/C18H21NO4S/c1-12-4-6-15(10-13(12)2)24(21,22)19-9-8-18(20)16-7-5-14(23-3)11-17(16)19/h4-7,10-11,18,20H,8-9H2,1-3H3. The summed E-state index contributed by atoms with van der Waals surface area (Å²) in [5.41, 5.74) is 3.06. The maximum Gasteiger partial charge on any atom is 0.264 e. The first-order valence-electron chi connectivity index (χ1n) is 7.80. The highest BCUT2D eigenvalue weighted by Gasteiger charge is 2.33. The molecular weight excluding hydrogens is 326 g/mol. The third-order valence-electron chi connectivity index (χ3n) is 4.54. The zero-order chi connectivity index (χ0) is 17.5. The predicted molar refractivity (Wildman–Crippen MR) is 93.0 cm³/mol. The van der Waals surface area contributed by atoms with E-state index in [1.807, 2.05) is 19.9 Å². The van der Waals surface area contributed by atoms with Crippen LogP contribution < -0.4 is 9.04 Å². The smallest absolute Gasteiger partial charge is 0.264 e. The van der Waals surface area contributed by atoms with Gasteiger partial charge in [0.25, 0.3) is 10.0 Å². The summed E-state index contributed by atoms with van der Waals surface area (Å²) in [4.78, 5) is 0.260. The van der Waals surface area contributed by atoms with Crippen molar-refractivity contribution in [1.29, 1.82) is 0 Å². The molecule has 0 saturated heterocycles. The second kappa shape index (κ2) is 6.11. The van der Waals surface area contributed by atoms with Gasteiger partial charge in [-0.2, -0.15) is 0 Å². The first-order chi connectivity index (χ1) is 11.3. The zero-order valence-corrected chi connectivity index (χ0v) is 14.8. The number of rotatable bonds is 3. The Labute approximate surface area is 142 Å². The third-order valence-corrected chi connectivity index (χ3v) is 6.35. The SMILES string of the molecule is COc1ccc2c(c1)N(S(=O)(=O)c1ccc(C)c(C)c1)CCC2O. The van der Waals surface area contributed by atoms with Crippen LogP contribution in [0.3, 0.4) is 0 Å². The minimum atomic E-state index is -3.70. The lowest BCUT2D eigenvalue weighted by molar-refractivity contribution is 0.166. The van der Waals surface area contributed by atoms with Crippen molar-refractivity contribution in [2.45, 2.75) is 31.3 Å². The zero-order valence-electron chi connectivity index (χ0n) is 14.0. The van der Waals surface area contributed by atoms with Crippen LogP contribution in [0.2, 0.25) is 0 Å². The second-order valence-corrected chi connectivity index (χ2v) is 7.91. The lowest BCUT2D eigenvalue weighted by Gasteiger charge is -2.33. The molecule has 2 aromatic carbocycles. The first-order valence-corrected chi connectivity index (χ1v) is 9.24. The van der Waals surface area contributed by atoms with Gasteiger partial charge in [0.15, 0.2) is 0 Å². The minimum absolute atomic E-state index is 0.233. The molecule has 0 aliphatic carbocycles. The first kappa shape index (κ1) is 16.8. The minimum Gasteiger partial charge on any atom is -0.497 e. The van der Waals surface area contributed by atoms with Crippen LogP contribution in [-0.4, -0.2) is 27.2 Å². The highest BCUT2D eigenvalue weighted by Crippen LogP contribution is 2.39. The molecule has 6 heteroatoms. The average molecular weight is 347 g/mol. The van der Waals surface area contributed by atoms with Crippen molar-refractivity contribution < 1.29 is 18.3 Å². The number of hydrogen-bond donors (Lipinski definition) is 1. The van der Waals surface area contributed by atoms with E-state index in [0.717, 1.165) is 11.1 Å². The molecule has 1 unspecified atom stereocenters. The maximum atomic E-state index is 13.1. The summed E-state index contributed by atoms with van der Waals surface area (Å²) in [7, 11) is -2.17. The van der Waals surface area contributed by atoms with Gasteiger partial charge < -0.3 is 9.84 Å². The van der Waals surface area contributed by atoms with E-state index < -0.39 is 16.1 Å². The molecule has 0 amide bonds. The molecule has 3 rings (SSSR count). The number of nitrogens with zero attached hydrogens (tertiary/aromatic N) is 1. The fraction of sp³-hybridized carbons (Fsp3) is 0.333. The van der Waals surface area contributed by atoms with E-state index in [1.165, 1.54) is 11.4 Å². The van der Waals surface area contributed by atoms with Crippen LogP contribution >= 0.6 is 0 Å². The number of aliphatic hydroxyl groups is 1. The van der Waals surface area contributed by atoms with Crippen LogP contribution in [0.15, 0.2) is 41.3 Å². The highest BCUT2D eigenvalue weighted by atomic mass is 32.2. The number of ether oxygens (including phenoxy) is 1. The van der Waals surface area contributed by atoms with Crippen molar-refractivity contribution >= 4 is 15.7 Å². The Bertz CT molecular complexity index is 877. The highest BCUT2D eigenvalue weighted by molar-refractivity contribution is 7.92. The van der Waals surface area contributed by atoms with E-state index in [0.29, 0.717) is 23.4 Å². The fourth-order valence-electron chi connectivity index (χ4n) is 2.91. The topological polar surface area (TPSA) is 66.8 Å². The molecule has 0 bridgehead atoms. The molecule has 0 radical (unpaired) electrons. The van der Waals surface area contributed by atoms with E-state index in [1.54, 1.807) is 30.3 Å². The molecule has 0 aromatic heterocycles. The van der Waals surface area contributed by atoms with E-state index in [9.17, 15) is 13.5 Å². The van der Waals surface area contributed by atoms with Crippen molar-refractivity contribution in [3.8, 4) is 5.75 Å². The van der Waals surface area contributed by atoms with Gasteiger partial charge in [-0.15, -0.1) is 0 Å². The molecule has 5 nitrogen and oxygen atoms in total. The quantitative estimate of drug-likeness (QED) is 0.927. The van der Waals surface area contributed by atoms with Gasteiger partial charge in [-0.3, -0.25) is 4.31 Å². The molecule has 1 aliphatic heterocycles. The second-order valence-electron chi connectivity index (χ2n) is 6.05. The number of benzene rings is 2. The van der Waals surface area contributed by atoms with Crippen molar-refractivity contribution in [1.82, 2.24) is 0 Å². The summed E-state index contributed by atoms with van der Waals surface area (Å²) in [6.07, 6.45) is -0.305. The number of methoxy groups -OCH3 is 1. The summed E-state index contributed by atoms with van der Waals surface area (Å²) in [6.45, 7) is 4.07. The molecule has 0 saturated carbocycles. The molecule has 0 fully saturated rings. The summed E-state index contributed by atoms with van der Waals surface area (Å²) in [6, 6.07) is 10.2. The summed E-state index contributed by atoms with van der Waals surface area (Å²) in [5.74, 6) is 0.558. The largest absolute Gasteiger partial charge is 0.497 e. The van der Waals surface area contributed by atoms with Gasteiger partial charge in [-0.1, -0.05) is 12.1 Å². The number of aryl methyl sites for hydroxylation is 2. The maximum absolute atomic E-state index is 13.1. The molecule has 128 valence electrons. The van der Waals surface area contributed by atoms with Gasteiger partial charge >= 0.3 is 0 Å². The van der Waals surface area contributed by atoms with Crippen LogP contribution in [0.25, 0.3) is 0 Å². The molecule has 1 heterocycles. The lowest BCUT2D eigenvalue weighted by Crippen LogP contribution is -2.36. The molecular formula is C18H21NO4S. The Kier molecular flexibility index (Phi) is 4.27. The molecule has 1 aliphatic rings. The van der Waals surface area contributed by atoms with Crippen LogP contribution in [0.1, 0.15) is 29.2 Å². The van der Waals surface area contributed by atoms with Gasteiger partial charge in [0.2, 0.25) is 0 Å². The fourth-order valence-corrected chi connectivity index (χ4v) is 4.50. The van der Waals surface area contributed by atoms with E-state index in [4.69, 9.17) is 4.74 Å². The normalized spacial score (nSPS) is 17.5. The Morgan fingerprint density at radius 1 is 1.12 bits per heavy atom. The Hall–Kier alpha value is -2.05. The number of hydrogen-bond acceptors (Lipinski definition) is 4. The van der Waals surface area contributed by atoms with Crippen LogP contribution in [0.4, 0.5) is 5.69 Å². The summed E-state index contributed by atoms with van der Waals surface area (Å²) in [5, 5.41) is 10.2. The lowest BCUT2D eigenvalue weighted by atomic mass is 10.0. The van der Waals surface area contributed by atoms with Crippen molar-refractivity contribution in [2.75, 3.05) is 18.0 Å². The van der Waals surface area contributed by atoms with Gasteiger partial charge in [0, 0.05) is 18.2 Å². The third kappa shape index (κ3) is 2.76. The van der Waals surface area contributed by atoms with Gasteiger partial charge in [-0.05, 0) is 49.6 Å². The Balaban J connectivity index is 2.12. The Morgan fingerprint density at radius 3 is 2.54 bits per heavy atom. The number of anilines is 1. The van der Waals surface area contributed by atoms with E-state index >= 15 is 0 Å². The van der Waals surface area contributed by atoms with Crippen molar-refractivity contribution in [2.24, 2.45) is 0 Å². The predicted octanol–water partition coefficient (Wildman–Crippen LogP) is 2.94. The van der Waals surface area contributed by atoms with E-state index in [2.05, 4.69) is 0 Å². The number of fused-ring (bicyclic) bond motifs is 1. The number of aliphatic hydroxyl groups excluding tert-OH is 1. The van der Waals surface area contributed by atoms with Gasteiger partial charge in [0.05, 0.1) is 23.8 Å². The molecule has 1 N–H and O–H groups in total. The number of sulfonamides is 1. The van der Waals surface area contributed by atoms with E-state index in [-0.39, 0.29) is 11.4 Å². The van der Waals surface area contributed by atoms with Crippen molar-refractivity contribution in [3.05, 3.63) is 53.1 Å². The molecule has 1 atom stereocenters. The van der Waals surface area contributed by atoms with Crippen molar-refractivity contribution in [3.63, 3.8) is 0 Å². The summed E-state index contributed by atoms with van der Waals surface area (Å²) >= 11 is 0. The van der Waals surface area contributed by atoms with Gasteiger partial charge in [0.1, 0.15) is 5.75 Å². The van der Waals surface area contributed by atoms with Crippen LogP contribution in [0.5, 0.6) is 5.75 Å². The summed E-state index contributed by atoms with van der Waals surface area (Å²) < 4.78 is 32.8. The molecule has 0 spiro atoms. The van der Waals surface area contributed by atoms with Crippen LogP contribution in [0, 0.1) is 13.8 Å².